The average molecular weight is 366 g/mol. The van der Waals surface area contributed by atoms with E-state index in [4.69, 9.17) is 0 Å². The molecule has 6 nitrogen and oxygen atoms in total. The molecule has 2 fully saturated rings. The fraction of sp³-hybridized carbons (Fsp3) is 0.400. The first-order valence-electron chi connectivity index (χ1n) is 9.48. The van der Waals surface area contributed by atoms with Gasteiger partial charge in [0.05, 0.1) is 6.20 Å². The molecule has 7 heteroatoms. The van der Waals surface area contributed by atoms with Crippen molar-refractivity contribution in [1.82, 2.24) is 19.5 Å². The molecular weight excluding hydrogens is 343 g/mol. The summed E-state index contributed by atoms with van der Waals surface area (Å²) in [6, 6.07) is 11.5. The number of anilines is 2. The molecule has 0 saturated carbocycles. The zero-order valence-corrected chi connectivity index (χ0v) is 15.4. The smallest absolute Gasteiger partial charge is 0.157 e. The summed E-state index contributed by atoms with van der Waals surface area (Å²) in [5.41, 5.74) is 3.04. The second-order valence-electron chi connectivity index (χ2n) is 7.42. The first-order chi connectivity index (χ1) is 13.2. The molecule has 0 amide bonds. The molecule has 3 aromatic rings. The average Bonchev–Trinajstić information content (AvgIpc) is 3.10. The lowest BCUT2D eigenvalue weighted by Gasteiger charge is -2.49. The van der Waals surface area contributed by atoms with Crippen LogP contribution in [0.4, 0.5) is 15.9 Å². The van der Waals surface area contributed by atoms with Crippen LogP contribution in [0, 0.1) is 12.7 Å². The Balaban J connectivity index is 1.21. The van der Waals surface area contributed by atoms with Crippen molar-refractivity contribution in [3.63, 3.8) is 0 Å². The van der Waals surface area contributed by atoms with Gasteiger partial charge in [0.2, 0.25) is 0 Å². The number of piperazine rings is 1. The summed E-state index contributed by atoms with van der Waals surface area (Å²) in [5, 5.41) is 4.42. The maximum Gasteiger partial charge on any atom is 0.157 e. The van der Waals surface area contributed by atoms with Crippen LogP contribution in [-0.4, -0.2) is 64.8 Å². The summed E-state index contributed by atoms with van der Waals surface area (Å²) in [7, 11) is 0. The molecule has 0 N–H and O–H groups in total. The Morgan fingerprint density at radius 2 is 1.70 bits per heavy atom. The number of hydrogen-bond acceptors (Lipinski definition) is 5. The van der Waals surface area contributed by atoms with Gasteiger partial charge in [0.25, 0.3) is 0 Å². The fourth-order valence-electron chi connectivity index (χ4n) is 4.11. The minimum atomic E-state index is -0.176. The van der Waals surface area contributed by atoms with E-state index in [2.05, 4.69) is 30.8 Å². The molecule has 4 heterocycles. The van der Waals surface area contributed by atoms with Gasteiger partial charge in [-0.2, -0.15) is 9.61 Å². The molecule has 0 spiro atoms. The SMILES string of the molecule is Cc1cc(N2CC(N3CCN(c4ccc(F)cc4)CC3)C2)n2nccc2n1. The van der Waals surface area contributed by atoms with E-state index in [1.807, 2.05) is 29.6 Å². The van der Waals surface area contributed by atoms with Gasteiger partial charge in [-0.15, -0.1) is 0 Å². The van der Waals surface area contributed by atoms with Gasteiger partial charge >= 0.3 is 0 Å². The highest BCUT2D eigenvalue weighted by molar-refractivity contribution is 5.52. The number of rotatable bonds is 3. The van der Waals surface area contributed by atoms with Gasteiger partial charge in [-0.1, -0.05) is 0 Å². The number of fused-ring (bicyclic) bond motifs is 1. The monoisotopic (exact) mass is 366 g/mol. The van der Waals surface area contributed by atoms with Crippen LogP contribution in [0.25, 0.3) is 5.65 Å². The standard InChI is InChI=1S/C20H23FN6/c1-15-12-20(27-19(23-15)6-7-22-27)26-13-18(14-26)25-10-8-24(9-11-25)17-4-2-16(21)3-5-17/h2-7,12,18H,8-11,13-14H2,1H3. The lowest BCUT2D eigenvalue weighted by molar-refractivity contribution is 0.156. The third-order valence-electron chi connectivity index (χ3n) is 5.68. The van der Waals surface area contributed by atoms with E-state index in [-0.39, 0.29) is 5.82 Å². The number of hydrogen-bond donors (Lipinski definition) is 0. The Kier molecular flexibility index (Phi) is 3.97. The molecule has 140 valence electrons. The summed E-state index contributed by atoms with van der Waals surface area (Å²) in [6.45, 7) is 8.14. The molecule has 0 bridgehead atoms. The summed E-state index contributed by atoms with van der Waals surface area (Å²) < 4.78 is 15.0. The van der Waals surface area contributed by atoms with Crippen molar-refractivity contribution < 1.29 is 4.39 Å². The largest absolute Gasteiger partial charge is 0.369 e. The third kappa shape index (κ3) is 3.02. The van der Waals surface area contributed by atoms with Crippen molar-refractivity contribution in [2.24, 2.45) is 0 Å². The van der Waals surface area contributed by atoms with Gasteiger partial charge in [0.15, 0.2) is 5.65 Å². The first kappa shape index (κ1) is 16.5. The highest BCUT2D eigenvalue weighted by Crippen LogP contribution is 2.26. The maximum absolute atomic E-state index is 13.1. The molecule has 0 unspecified atom stereocenters. The second kappa shape index (κ2) is 6.49. The van der Waals surface area contributed by atoms with E-state index in [1.165, 1.54) is 12.1 Å². The Morgan fingerprint density at radius 3 is 2.44 bits per heavy atom. The molecule has 0 aliphatic carbocycles. The van der Waals surface area contributed by atoms with Crippen LogP contribution in [0.3, 0.4) is 0 Å². The van der Waals surface area contributed by atoms with Crippen LogP contribution < -0.4 is 9.80 Å². The van der Waals surface area contributed by atoms with Gasteiger partial charge in [0, 0.05) is 68.8 Å². The first-order valence-corrected chi connectivity index (χ1v) is 9.48. The molecule has 1 aromatic carbocycles. The number of halogens is 1. The molecule has 0 radical (unpaired) electrons. The predicted molar refractivity (Wildman–Crippen MR) is 104 cm³/mol. The molecule has 2 saturated heterocycles. The van der Waals surface area contributed by atoms with E-state index in [9.17, 15) is 4.39 Å². The van der Waals surface area contributed by atoms with E-state index < -0.39 is 0 Å². The number of aryl methyl sites for hydroxylation is 1. The topological polar surface area (TPSA) is 39.9 Å². The highest BCUT2D eigenvalue weighted by atomic mass is 19.1. The zero-order valence-electron chi connectivity index (χ0n) is 15.4. The van der Waals surface area contributed by atoms with Crippen LogP contribution in [0.2, 0.25) is 0 Å². The van der Waals surface area contributed by atoms with E-state index in [0.717, 1.165) is 62.1 Å². The minimum Gasteiger partial charge on any atom is -0.369 e. The normalized spacial score (nSPS) is 18.9. The van der Waals surface area contributed by atoms with Gasteiger partial charge in [-0.3, -0.25) is 4.90 Å². The molecule has 2 aliphatic rings. The van der Waals surface area contributed by atoms with Crippen LogP contribution in [0.1, 0.15) is 5.69 Å². The summed E-state index contributed by atoms with van der Waals surface area (Å²) in [6.07, 6.45) is 1.80. The Hall–Kier alpha value is -2.67. The van der Waals surface area contributed by atoms with Crippen LogP contribution in [0.15, 0.2) is 42.6 Å². The predicted octanol–water partition coefficient (Wildman–Crippen LogP) is 2.19. The number of benzene rings is 1. The zero-order chi connectivity index (χ0) is 18.4. The number of nitrogens with zero attached hydrogens (tertiary/aromatic N) is 6. The van der Waals surface area contributed by atoms with Crippen molar-refractivity contribution >= 4 is 17.2 Å². The summed E-state index contributed by atoms with van der Waals surface area (Å²) >= 11 is 0. The second-order valence-corrected chi connectivity index (χ2v) is 7.42. The van der Waals surface area contributed by atoms with E-state index in [1.54, 1.807) is 6.20 Å². The Morgan fingerprint density at radius 1 is 0.963 bits per heavy atom. The van der Waals surface area contributed by atoms with Gasteiger partial charge < -0.3 is 9.80 Å². The van der Waals surface area contributed by atoms with Crippen molar-refractivity contribution in [2.75, 3.05) is 49.1 Å². The van der Waals surface area contributed by atoms with Gasteiger partial charge in [0.1, 0.15) is 11.6 Å². The number of aromatic nitrogens is 3. The molecule has 0 atom stereocenters. The van der Waals surface area contributed by atoms with Crippen molar-refractivity contribution in [3.05, 3.63) is 54.1 Å². The lowest BCUT2D eigenvalue weighted by atomic mass is 10.1. The van der Waals surface area contributed by atoms with Crippen molar-refractivity contribution in [2.45, 2.75) is 13.0 Å². The quantitative estimate of drug-likeness (QED) is 0.711. The van der Waals surface area contributed by atoms with E-state index >= 15 is 0 Å². The van der Waals surface area contributed by atoms with Crippen molar-refractivity contribution in [1.29, 1.82) is 0 Å². The van der Waals surface area contributed by atoms with Crippen LogP contribution in [0.5, 0.6) is 0 Å². The minimum absolute atomic E-state index is 0.176. The maximum atomic E-state index is 13.1. The lowest BCUT2D eigenvalue weighted by Crippen LogP contribution is -2.63. The summed E-state index contributed by atoms with van der Waals surface area (Å²) in [4.78, 5) is 11.8. The molecule has 27 heavy (non-hydrogen) atoms. The van der Waals surface area contributed by atoms with Crippen molar-refractivity contribution in [3.8, 4) is 0 Å². The molecule has 5 rings (SSSR count). The van der Waals surface area contributed by atoms with Gasteiger partial charge in [-0.25, -0.2) is 9.37 Å². The molecular formula is C20H23FN6. The van der Waals surface area contributed by atoms with E-state index in [0.29, 0.717) is 6.04 Å². The molecule has 2 aromatic heterocycles. The fourth-order valence-corrected chi connectivity index (χ4v) is 4.11. The third-order valence-corrected chi connectivity index (χ3v) is 5.68. The van der Waals surface area contributed by atoms with Crippen LogP contribution >= 0.6 is 0 Å². The molecule has 2 aliphatic heterocycles. The highest BCUT2D eigenvalue weighted by Gasteiger charge is 2.34. The summed E-state index contributed by atoms with van der Waals surface area (Å²) in [5.74, 6) is 0.952. The Labute approximate surface area is 157 Å². The Bertz CT molecular complexity index is 939. The van der Waals surface area contributed by atoms with Gasteiger partial charge in [-0.05, 0) is 31.2 Å². The van der Waals surface area contributed by atoms with Crippen LogP contribution in [-0.2, 0) is 0 Å².